The summed E-state index contributed by atoms with van der Waals surface area (Å²) in [5, 5.41) is 95.1. The maximum atomic E-state index is 13.2. The van der Waals surface area contributed by atoms with E-state index >= 15 is 0 Å². The fourth-order valence-corrected chi connectivity index (χ4v) is 28.4. The predicted molar refractivity (Wildman–Crippen MR) is 445 cm³/mol. The van der Waals surface area contributed by atoms with Crippen LogP contribution in [0.1, 0.15) is 185 Å². The lowest BCUT2D eigenvalue weighted by molar-refractivity contribution is -0.200. The SMILES string of the molecule is CC(C)CN1CC[C@]23c4c5ccc(O)c4O[C@H]2[C@H](N(C)Cc2ccccc2)CC[C@@]3(O)[C@H]1C5.CN(C(=O)/C=C/c1ccoc1)[C@@H]1CC[C@@]2(O)[C@H]3Cc4ccc(O)c5c4[C@@]2(CCN3CC2CC2)[C@H]1O5.CN[C@@H]1CC[C@@]2(O)[C@H]3Cc4ccc(O)c5c4[C@@]2(CCN3CC2CC2)[C@H]1O5.O=C1CC[C@@]2(O)[C@H]3Cc4ccc(O)c5c4[C@@]2(CCN3CC2CC2)[C@H]1O5. The summed E-state index contributed by atoms with van der Waals surface area (Å²) < 4.78 is 30.8. The zero-order valence-electron chi connectivity index (χ0n) is 69.6. The van der Waals surface area contributed by atoms with E-state index in [9.17, 15) is 50.4 Å². The van der Waals surface area contributed by atoms with Crippen molar-refractivity contribution in [2.24, 2.45) is 23.7 Å². The summed E-state index contributed by atoms with van der Waals surface area (Å²) in [5.41, 5.74) is 5.48. The van der Waals surface area contributed by atoms with E-state index in [0.29, 0.717) is 54.6 Å². The molecule has 8 bridgehead atoms. The molecule has 4 spiro atoms. The number of piperidine rings is 4. The Labute approximate surface area is 697 Å². The normalized spacial score (nSPS) is 38.0. The van der Waals surface area contributed by atoms with E-state index in [4.69, 9.17) is 23.4 Å². The summed E-state index contributed by atoms with van der Waals surface area (Å²) in [6, 6.07) is 28.0. The number of benzene rings is 5. The number of phenols is 4. The highest BCUT2D eigenvalue weighted by Gasteiger charge is 2.78. The molecule has 7 saturated carbocycles. The van der Waals surface area contributed by atoms with Gasteiger partial charge in [-0.2, -0.15) is 0 Å². The van der Waals surface area contributed by atoms with Crippen LogP contribution in [0.5, 0.6) is 46.0 Å². The first-order valence-corrected chi connectivity index (χ1v) is 45.2. The lowest BCUT2D eigenvalue weighted by Gasteiger charge is -2.65. The molecule has 4 saturated heterocycles. The van der Waals surface area contributed by atoms with E-state index in [1.807, 2.05) is 32.3 Å². The monoisotopic (exact) mass is 1620 g/mol. The van der Waals surface area contributed by atoms with Crippen molar-refractivity contribution in [2.75, 3.05) is 73.5 Å². The summed E-state index contributed by atoms with van der Waals surface area (Å²) in [4.78, 5) is 40.2. The minimum atomic E-state index is -0.941. The number of hydrogen-bond acceptors (Lipinski definition) is 21. The highest BCUT2D eigenvalue weighted by molar-refractivity contribution is 5.92. The van der Waals surface area contributed by atoms with Crippen molar-refractivity contribution in [3.05, 3.63) is 159 Å². The third kappa shape index (κ3) is 11.0. The number of likely N-dealkylation sites (tertiary alicyclic amines) is 4. The predicted octanol–water partition coefficient (Wildman–Crippen LogP) is 9.86. The Morgan fingerprint density at radius 2 is 0.924 bits per heavy atom. The number of aliphatic hydroxyl groups is 4. The van der Waals surface area contributed by atoms with Crippen LogP contribution in [-0.4, -0.2) is 245 Å². The minimum absolute atomic E-state index is 0.0360. The Bertz CT molecular complexity index is 5070. The number of nitrogens with zero attached hydrogens (tertiary/aromatic N) is 6. The van der Waals surface area contributed by atoms with Gasteiger partial charge in [0.2, 0.25) is 5.91 Å². The number of aromatic hydroxyl groups is 4. The van der Waals surface area contributed by atoms with Gasteiger partial charge < -0.3 is 74.4 Å². The van der Waals surface area contributed by atoms with Gasteiger partial charge in [-0.15, -0.1) is 0 Å². The van der Waals surface area contributed by atoms with E-state index in [1.54, 1.807) is 53.8 Å². The summed E-state index contributed by atoms with van der Waals surface area (Å²) in [5.74, 6) is 5.77. The molecule has 1 amide bonds. The van der Waals surface area contributed by atoms with Crippen molar-refractivity contribution < 1.29 is 73.8 Å². The number of ether oxygens (including phenoxy) is 4. The Morgan fingerprint density at radius 1 is 0.504 bits per heavy atom. The number of carbonyl (C=O) groups is 2. The maximum Gasteiger partial charge on any atom is 0.246 e. The van der Waals surface area contributed by atoms with Crippen molar-refractivity contribution in [3.63, 3.8) is 0 Å². The van der Waals surface area contributed by atoms with Crippen LogP contribution in [0.4, 0.5) is 0 Å². The second-order valence-corrected chi connectivity index (χ2v) is 40.4. The molecule has 6 aromatic rings. The van der Waals surface area contributed by atoms with Crippen LogP contribution in [0.3, 0.4) is 0 Å². The first-order chi connectivity index (χ1) is 57.4. The third-order valence-corrected chi connectivity index (χ3v) is 34.2. The minimum Gasteiger partial charge on any atom is -0.504 e. The van der Waals surface area contributed by atoms with Crippen LogP contribution in [-0.2, 0) is 63.5 Å². The van der Waals surface area contributed by atoms with Crippen molar-refractivity contribution in [2.45, 2.75) is 272 Å². The Hall–Kier alpha value is -7.74. The van der Waals surface area contributed by atoms with Gasteiger partial charge in [-0.1, -0.05) is 68.4 Å². The molecule has 5 aromatic carbocycles. The molecule has 19 aliphatic rings. The molecular weight excluding hydrogens is 1500 g/mol. The molecular formula is C97H119N7O15. The molecule has 8 aliphatic heterocycles. The summed E-state index contributed by atoms with van der Waals surface area (Å²) in [7, 11) is 5.99. The average Bonchev–Trinajstić information content (AvgIpc) is 1.56. The number of nitrogens with one attached hydrogen (secondary N) is 1. The largest absolute Gasteiger partial charge is 0.504 e. The second kappa shape index (κ2) is 27.6. The van der Waals surface area contributed by atoms with Crippen LogP contribution in [0.25, 0.3) is 6.08 Å². The molecule has 0 radical (unpaired) electrons. The number of phenolic OH excluding ortho intramolecular Hbond substituents is 4. The van der Waals surface area contributed by atoms with Crippen LogP contribution in [0, 0.1) is 23.7 Å². The molecule has 25 rings (SSSR count). The smallest absolute Gasteiger partial charge is 0.246 e. The number of furan rings is 1. The van der Waals surface area contributed by atoms with E-state index in [2.05, 4.69) is 93.2 Å². The number of likely N-dealkylation sites (N-methyl/N-ethyl adjacent to an activating group) is 3. The van der Waals surface area contributed by atoms with Gasteiger partial charge in [0.05, 0.1) is 62.6 Å². The highest BCUT2D eigenvalue weighted by Crippen LogP contribution is 2.71. The van der Waals surface area contributed by atoms with Gasteiger partial charge in [-0.05, 0) is 263 Å². The van der Waals surface area contributed by atoms with Gasteiger partial charge in [0.25, 0.3) is 0 Å². The number of ketones is 1. The van der Waals surface area contributed by atoms with Gasteiger partial charge in [0, 0.05) is 116 Å². The van der Waals surface area contributed by atoms with Crippen LogP contribution < -0.4 is 24.3 Å². The standard InChI is InChI=1S/C28H32N2O5.C28H36N2O3.C21H28N2O3.C20H23NO4/c1-29(23(32)7-4-18-9-13-34-16-18)20-8-10-28(33)22-14-19-5-6-21(31)25-24(19)27(28,26(20)35-25)11-12-30(22)15-17-2-3-17;1-18(2)16-30-14-13-27-24-20-9-10-22(31)25(24)33-26(27)21(11-12-28(27,32)23(30)15-20)29(3)17-19-7-5-4-6-8-19;1-22-14-6-7-21(25)16-10-13-4-5-15(24)18-17(13)20(21,19(14)26-18)8-9-23(16)11-12-2-3-12;22-13-4-3-12-9-15-20(24)6-5-14(23)18-19(20,16(12)17(13)25-18)7-8-21(15)10-11-1-2-11/h4-7,9,13,16-17,20,22,26,31,33H,2-3,8,10-12,14-15H2,1H3;4-10,18,21,23,26,31-32H,11-17H2,1-3H3;4-5,12,14,16,19,22,24-25H,2-3,6-11H2,1H3;3-4,11,15,18,22,24H,1-2,5-10H2/b7-4+;;;/t20-,22-,26+,27+,28-;21-,23-,26+,27+,28-;14-,16-,19+,20+,21-;15-,18+,19+,20-/m1111/s1. The number of rotatable bonds is 15. The van der Waals surface area contributed by atoms with Crippen LogP contribution in [0.15, 0.2) is 108 Å². The lowest BCUT2D eigenvalue weighted by Crippen LogP contribution is -2.78. The molecule has 9 N–H and O–H groups in total. The molecule has 22 nitrogen and oxygen atoms in total. The fourth-order valence-electron chi connectivity index (χ4n) is 28.4. The number of Topliss-reactive ketones (excluding diaryl/α,β-unsaturated/α-hetero) is 1. The quantitative estimate of drug-likeness (QED) is 0.0433. The highest BCUT2D eigenvalue weighted by atomic mass is 16.5. The zero-order chi connectivity index (χ0) is 81.6. The average molecular weight is 1620 g/mol. The Balaban J connectivity index is 0.0000000963. The topological polar surface area (TPSA) is 278 Å². The maximum absolute atomic E-state index is 13.2. The summed E-state index contributed by atoms with van der Waals surface area (Å²) >= 11 is 0. The molecule has 632 valence electrons. The van der Waals surface area contributed by atoms with Gasteiger partial charge in [-0.25, -0.2) is 0 Å². The lowest BCUT2D eigenvalue weighted by atomic mass is 9.48. The Morgan fingerprint density at radius 3 is 1.39 bits per heavy atom. The first kappa shape index (κ1) is 77.3. The van der Waals surface area contributed by atoms with Gasteiger partial charge in [-0.3, -0.25) is 34.1 Å². The molecule has 22 heteroatoms. The van der Waals surface area contributed by atoms with Crippen molar-refractivity contribution >= 4 is 17.8 Å². The van der Waals surface area contributed by atoms with E-state index in [0.717, 1.165) is 187 Å². The molecule has 9 heterocycles. The molecule has 1 aromatic heterocycles. The number of hydrogen-bond donors (Lipinski definition) is 9. The third-order valence-electron chi connectivity index (χ3n) is 34.2. The molecule has 11 aliphatic carbocycles. The van der Waals surface area contributed by atoms with E-state index < -0.39 is 50.9 Å². The van der Waals surface area contributed by atoms with Gasteiger partial charge in [0.15, 0.2) is 57.9 Å². The van der Waals surface area contributed by atoms with Crippen molar-refractivity contribution in [3.8, 4) is 46.0 Å². The zero-order valence-corrected chi connectivity index (χ0v) is 69.6. The van der Waals surface area contributed by atoms with Crippen LogP contribution in [0.2, 0.25) is 0 Å². The van der Waals surface area contributed by atoms with Gasteiger partial charge >= 0.3 is 0 Å². The molecule has 11 fully saturated rings. The first-order valence-electron chi connectivity index (χ1n) is 45.2. The molecule has 0 unspecified atom stereocenters. The van der Waals surface area contributed by atoms with Crippen molar-refractivity contribution in [1.29, 1.82) is 0 Å². The van der Waals surface area contributed by atoms with Crippen molar-refractivity contribution in [1.82, 2.24) is 34.7 Å². The fraction of sp³-hybridized carbons (Fsp3) is 0.608. The van der Waals surface area contributed by atoms with Crippen LogP contribution >= 0.6 is 0 Å². The summed E-state index contributed by atoms with van der Waals surface area (Å²) in [6.45, 7) is 13.4. The number of carbonyl (C=O) groups excluding carboxylic acids is 2. The van der Waals surface area contributed by atoms with Gasteiger partial charge in [0.1, 0.15) is 18.3 Å². The number of amides is 1. The summed E-state index contributed by atoms with van der Waals surface area (Å²) in [6.07, 6.45) is 25.1. The second-order valence-electron chi connectivity index (χ2n) is 40.4. The van der Waals surface area contributed by atoms with E-state index in [-0.39, 0.29) is 94.6 Å². The molecule has 19 atom stereocenters. The Kier molecular flexibility index (Phi) is 18.0. The molecule has 119 heavy (non-hydrogen) atoms. The van der Waals surface area contributed by atoms with E-state index in [1.165, 1.54) is 60.8 Å².